The maximum absolute atomic E-state index is 11.2. The number of methoxy groups -OCH3 is 5. The number of phenols is 1. The predicted octanol–water partition coefficient (Wildman–Crippen LogP) is 3.47. The maximum atomic E-state index is 11.2. The number of fused-ring (bicyclic) bond motifs is 1. The fourth-order valence-corrected chi connectivity index (χ4v) is 6.33. The second kappa shape index (κ2) is 19.3. The molecule has 0 amide bonds. The van der Waals surface area contributed by atoms with E-state index in [0.717, 1.165) is 0 Å². The average Bonchev–Trinajstić information content (AvgIpc) is 3.62. The van der Waals surface area contributed by atoms with Crippen molar-refractivity contribution < 1.29 is 78.1 Å². The Hall–Kier alpha value is -5.91. The predicted molar refractivity (Wildman–Crippen MR) is 203 cm³/mol. The van der Waals surface area contributed by atoms with Crippen molar-refractivity contribution in [2.45, 2.75) is 36.6 Å². The third-order valence-electron chi connectivity index (χ3n) is 9.23. The number of phenolic OH excluding ortho intramolecular Hbond substituents is 1. The van der Waals surface area contributed by atoms with Gasteiger partial charge in [0.15, 0.2) is 58.2 Å². The van der Waals surface area contributed by atoms with Crippen LogP contribution in [0.25, 0.3) is 6.08 Å². The number of carbonyl (C=O) groups is 1. The second-order valence-electron chi connectivity index (χ2n) is 12.6. The smallest absolute Gasteiger partial charge is 0.237 e. The molecule has 0 bridgehead atoms. The van der Waals surface area contributed by atoms with Gasteiger partial charge >= 0.3 is 0 Å². The minimum Gasteiger partial charge on any atom is -0.504 e. The Morgan fingerprint density at radius 1 is 0.702 bits per heavy atom. The van der Waals surface area contributed by atoms with Gasteiger partial charge < -0.3 is 73.3 Å². The SMILES string of the molecule is COc1cc([C@@H](O)[C@H](CO)Oc2ccc(O[C@H](CO)[C@@H](O)Oc3c(OC)cc([C@@H]4Oc5c(OC)cc(C=CC=O)cc5[C@H]4CO)cc3OC)cc2OC)ccc1O. The first kappa shape index (κ1) is 42.2. The second-order valence-corrected chi connectivity index (χ2v) is 12.6. The number of aromatic hydroxyl groups is 1. The summed E-state index contributed by atoms with van der Waals surface area (Å²) in [5.74, 6) is 0.944. The molecule has 6 N–H and O–H groups in total. The Morgan fingerprint density at radius 3 is 1.96 bits per heavy atom. The molecule has 1 heterocycles. The lowest BCUT2D eigenvalue weighted by Crippen LogP contribution is -2.39. The summed E-state index contributed by atoms with van der Waals surface area (Å²) >= 11 is 0. The third kappa shape index (κ3) is 9.22. The van der Waals surface area contributed by atoms with Crippen LogP contribution in [0.15, 0.2) is 66.7 Å². The summed E-state index contributed by atoms with van der Waals surface area (Å²) < 4.78 is 51.4. The van der Waals surface area contributed by atoms with E-state index in [4.69, 9.17) is 42.6 Å². The van der Waals surface area contributed by atoms with Crippen LogP contribution in [0, 0.1) is 0 Å². The van der Waals surface area contributed by atoms with Crippen molar-refractivity contribution >= 4 is 12.4 Å². The zero-order valence-corrected chi connectivity index (χ0v) is 31.9. The molecule has 0 aromatic heterocycles. The highest BCUT2D eigenvalue weighted by molar-refractivity contribution is 5.75. The molecule has 1 aliphatic heterocycles. The van der Waals surface area contributed by atoms with Crippen LogP contribution in [0.2, 0.25) is 0 Å². The Labute approximate surface area is 328 Å². The van der Waals surface area contributed by atoms with Gasteiger partial charge in [-0.15, -0.1) is 0 Å². The summed E-state index contributed by atoms with van der Waals surface area (Å²) in [4.78, 5) is 10.9. The van der Waals surface area contributed by atoms with E-state index in [0.29, 0.717) is 40.0 Å². The van der Waals surface area contributed by atoms with E-state index in [2.05, 4.69) is 0 Å². The minimum absolute atomic E-state index is 0.0191. The molecule has 0 fully saturated rings. The molecule has 306 valence electrons. The van der Waals surface area contributed by atoms with Crippen molar-refractivity contribution in [1.82, 2.24) is 0 Å². The fraction of sp³-hybridized carbons (Fsp3) is 0.341. The first-order valence-electron chi connectivity index (χ1n) is 17.6. The molecule has 16 nitrogen and oxygen atoms in total. The first-order chi connectivity index (χ1) is 27.6. The molecule has 1 aliphatic rings. The number of aliphatic hydroxyl groups is 5. The normalized spacial score (nSPS) is 16.7. The summed E-state index contributed by atoms with van der Waals surface area (Å²) in [6.07, 6.45) is -2.72. The lowest BCUT2D eigenvalue weighted by atomic mass is 9.90. The minimum atomic E-state index is -1.78. The Kier molecular flexibility index (Phi) is 14.3. The number of aldehydes is 1. The van der Waals surface area contributed by atoms with Gasteiger partial charge in [0.25, 0.3) is 0 Å². The van der Waals surface area contributed by atoms with Gasteiger partial charge in [0, 0.05) is 17.2 Å². The fourth-order valence-electron chi connectivity index (χ4n) is 6.33. The van der Waals surface area contributed by atoms with Crippen molar-refractivity contribution in [2.75, 3.05) is 55.4 Å². The molecule has 16 heteroatoms. The molecule has 0 saturated carbocycles. The van der Waals surface area contributed by atoms with Gasteiger partial charge in [-0.25, -0.2) is 0 Å². The van der Waals surface area contributed by atoms with Crippen LogP contribution in [-0.4, -0.2) is 111 Å². The lowest BCUT2D eigenvalue weighted by Gasteiger charge is -2.26. The van der Waals surface area contributed by atoms with E-state index in [9.17, 15) is 35.4 Å². The summed E-state index contributed by atoms with van der Waals surface area (Å²) in [6.45, 7) is -1.58. The Morgan fingerprint density at radius 2 is 1.37 bits per heavy atom. The van der Waals surface area contributed by atoms with Crippen LogP contribution in [0.5, 0.6) is 57.5 Å². The van der Waals surface area contributed by atoms with Gasteiger partial charge in [-0.3, -0.25) is 4.79 Å². The molecule has 4 aromatic carbocycles. The van der Waals surface area contributed by atoms with Crippen LogP contribution in [-0.2, 0) is 4.79 Å². The molecule has 4 aromatic rings. The molecule has 6 atom stereocenters. The molecule has 0 spiro atoms. The zero-order chi connectivity index (χ0) is 41.2. The number of hydrogen-bond acceptors (Lipinski definition) is 16. The van der Waals surface area contributed by atoms with Gasteiger partial charge in [-0.2, -0.15) is 0 Å². The number of benzene rings is 4. The Bertz CT molecular complexity index is 1990. The zero-order valence-electron chi connectivity index (χ0n) is 31.9. The number of allylic oxidation sites excluding steroid dienone is 1. The van der Waals surface area contributed by atoms with E-state index >= 15 is 0 Å². The largest absolute Gasteiger partial charge is 0.504 e. The third-order valence-corrected chi connectivity index (χ3v) is 9.23. The lowest BCUT2D eigenvalue weighted by molar-refractivity contribution is -0.109. The van der Waals surface area contributed by atoms with Gasteiger partial charge in [0.2, 0.25) is 12.0 Å². The van der Waals surface area contributed by atoms with Crippen molar-refractivity contribution in [3.63, 3.8) is 0 Å². The monoisotopic (exact) mass is 794 g/mol. The van der Waals surface area contributed by atoms with E-state index in [1.165, 1.54) is 78.0 Å². The number of aliphatic hydroxyl groups excluding tert-OH is 5. The van der Waals surface area contributed by atoms with E-state index in [1.807, 2.05) is 0 Å². The molecule has 57 heavy (non-hydrogen) atoms. The van der Waals surface area contributed by atoms with Crippen LogP contribution in [0.1, 0.15) is 40.4 Å². The summed E-state index contributed by atoms with van der Waals surface area (Å²) in [7, 11) is 6.99. The maximum Gasteiger partial charge on any atom is 0.237 e. The number of carbonyl (C=O) groups excluding carboxylic acids is 1. The van der Waals surface area contributed by atoms with Gasteiger partial charge in [0.1, 0.15) is 24.2 Å². The average molecular weight is 795 g/mol. The highest BCUT2D eigenvalue weighted by Crippen LogP contribution is 2.53. The number of rotatable bonds is 20. The summed E-state index contributed by atoms with van der Waals surface area (Å²) in [5.41, 5.74) is 2.20. The first-order valence-corrected chi connectivity index (χ1v) is 17.6. The topological polar surface area (TPSA) is 222 Å². The van der Waals surface area contributed by atoms with Crippen molar-refractivity contribution in [1.29, 1.82) is 0 Å². The van der Waals surface area contributed by atoms with E-state index in [-0.39, 0.29) is 52.6 Å². The van der Waals surface area contributed by atoms with Crippen molar-refractivity contribution in [2.24, 2.45) is 0 Å². The van der Waals surface area contributed by atoms with Gasteiger partial charge in [-0.1, -0.05) is 12.1 Å². The molecule has 0 saturated heterocycles. The van der Waals surface area contributed by atoms with E-state index in [1.54, 1.807) is 30.3 Å². The molecule has 0 unspecified atom stereocenters. The molecule has 5 rings (SSSR count). The quantitative estimate of drug-likeness (QED) is 0.0428. The van der Waals surface area contributed by atoms with Crippen molar-refractivity contribution in [3.05, 3.63) is 89.0 Å². The van der Waals surface area contributed by atoms with Crippen molar-refractivity contribution in [3.8, 4) is 57.5 Å². The summed E-state index contributed by atoms with van der Waals surface area (Å²) in [6, 6.07) is 15.3. The molecule has 0 radical (unpaired) electrons. The number of ether oxygens (including phenoxy) is 9. The van der Waals surface area contributed by atoms with Crippen LogP contribution >= 0.6 is 0 Å². The summed E-state index contributed by atoms with van der Waals surface area (Å²) in [5, 5.41) is 62.9. The molecule has 0 aliphatic carbocycles. The van der Waals surface area contributed by atoms with Crippen LogP contribution in [0.3, 0.4) is 0 Å². The van der Waals surface area contributed by atoms with Gasteiger partial charge in [0.05, 0.1) is 61.3 Å². The highest BCUT2D eigenvalue weighted by atomic mass is 16.6. The molecular weight excluding hydrogens is 748 g/mol. The highest BCUT2D eigenvalue weighted by Gasteiger charge is 2.39. The van der Waals surface area contributed by atoms with E-state index < -0.39 is 49.8 Å². The Balaban J connectivity index is 1.34. The number of hydrogen-bond donors (Lipinski definition) is 6. The van der Waals surface area contributed by atoms with Crippen LogP contribution < -0.4 is 42.6 Å². The standard InChI is InChI=1S/C41H46O16/c1-49-30-15-23(8-10-28(30)46)37(47)35(20-44)55-29-11-9-25(18-31(29)50-2)54-36(21-45)41(48)57-40-33(52-4)16-24(17-34(40)53-5)38-27(19-43)26-13-22(7-6-12-42)14-32(51-3)39(26)56-38/h6-18,27,35-38,41,43-48H,19-21H2,1-5H3/t27-,35+,36-,37-,38+,41+/m1/s1. The molecular formula is C41H46O16. The van der Waals surface area contributed by atoms with Crippen LogP contribution in [0.4, 0.5) is 0 Å². The van der Waals surface area contributed by atoms with Gasteiger partial charge in [-0.05, 0) is 65.7 Å².